The molecule has 2 heterocycles. The molecule has 0 saturated carbocycles. The van der Waals surface area contributed by atoms with Gasteiger partial charge >= 0.3 is 0 Å². The van der Waals surface area contributed by atoms with E-state index in [0.29, 0.717) is 18.8 Å². The van der Waals surface area contributed by atoms with E-state index in [4.69, 9.17) is 11.5 Å². The summed E-state index contributed by atoms with van der Waals surface area (Å²) in [5, 5.41) is 2.45. The highest BCUT2D eigenvalue weighted by Crippen LogP contribution is 2.31. The van der Waals surface area contributed by atoms with Crippen molar-refractivity contribution in [3.8, 4) is 0 Å². The first kappa shape index (κ1) is 17.5. The molecule has 0 unspecified atom stereocenters. The molecule has 0 fully saturated rings. The largest absolute Gasteiger partial charge is 0.365 e. The zero-order valence-electron chi connectivity index (χ0n) is 15.5. The molecule has 1 atom stereocenters. The van der Waals surface area contributed by atoms with E-state index in [9.17, 15) is 4.79 Å². The van der Waals surface area contributed by atoms with E-state index in [1.807, 2.05) is 6.92 Å². The Labute approximate surface area is 159 Å². The van der Waals surface area contributed by atoms with Crippen molar-refractivity contribution in [2.45, 2.75) is 25.8 Å². The van der Waals surface area contributed by atoms with Gasteiger partial charge in [-0.05, 0) is 41.5 Å². The molecular weight excluding hydrogens is 336 g/mol. The van der Waals surface area contributed by atoms with Gasteiger partial charge in [0, 0.05) is 17.6 Å². The highest BCUT2D eigenvalue weighted by molar-refractivity contribution is 5.94. The van der Waals surface area contributed by atoms with Crippen LogP contribution in [0.4, 0.5) is 5.69 Å². The van der Waals surface area contributed by atoms with Crippen LogP contribution < -0.4 is 16.4 Å². The molecule has 0 saturated heterocycles. The number of benzene rings is 2. The van der Waals surface area contributed by atoms with Gasteiger partial charge in [-0.1, -0.05) is 49.4 Å². The van der Waals surface area contributed by atoms with Crippen molar-refractivity contribution >= 4 is 22.4 Å². The van der Waals surface area contributed by atoms with Gasteiger partial charge in [-0.15, -0.1) is 0 Å². The van der Waals surface area contributed by atoms with E-state index in [1.54, 1.807) is 0 Å². The van der Waals surface area contributed by atoms with Gasteiger partial charge in [0.15, 0.2) is 0 Å². The molecule has 4 rings (SSSR count). The Morgan fingerprint density at radius 1 is 1.22 bits per heavy atom. The van der Waals surface area contributed by atoms with E-state index in [2.05, 4.69) is 58.4 Å². The fraction of sp³-hybridized carbons (Fsp3) is 0.273. The van der Waals surface area contributed by atoms with Gasteiger partial charge in [0.05, 0.1) is 12.2 Å². The minimum Gasteiger partial charge on any atom is -0.365 e. The number of hydrogen-bond acceptors (Lipinski definition) is 4. The number of aromatic nitrogens is 1. The van der Waals surface area contributed by atoms with Crippen LogP contribution in [0.3, 0.4) is 0 Å². The molecule has 27 heavy (non-hydrogen) atoms. The van der Waals surface area contributed by atoms with Crippen LogP contribution in [0.2, 0.25) is 0 Å². The third-order valence-corrected chi connectivity index (χ3v) is 5.44. The molecule has 1 aliphatic rings. The third kappa shape index (κ3) is 3.15. The van der Waals surface area contributed by atoms with Crippen LogP contribution in [0.25, 0.3) is 10.8 Å². The smallest absolute Gasteiger partial charge is 0.267 e. The molecule has 5 heteroatoms. The van der Waals surface area contributed by atoms with Crippen LogP contribution >= 0.6 is 0 Å². The molecular formula is C22H24N4O. The first-order valence-corrected chi connectivity index (χ1v) is 9.33. The van der Waals surface area contributed by atoms with Gasteiger partial charge in [-0.2, -0.15) is 0 Å². The van der Waals surface area contributed by atoms with Crippen LogP contribution in [-0.4, -0.2) is 24.0 Å². The van der Waals surface area contributed by atoms with Crippen LogP contribution in [-0.2, 0) is 13.0 Å². The van der Waals surface area contributed by atoms with Crippen molar-refractivity contribution in [2.24, 2.45) is 11.5 Å². The maximum atomic E-state index is 12.0. The Bertz CT molecular complexity index is 1010. The Morgan fingerprint density at radius 3 is 2.78 bits per heavy atom. The fourth-order valence-corrected chi connectivity index (χ4v) is 3.87. The van der Waals surface area contributed by atoms with E-state index in [0.717, 1.165) is 24.2 Å². The summed E-state index contributed by atoms with van der Waals surface area (Å²) >= 11 is 0. The molecule has 1 aliphatic heterocycles. The van der Waals surface area contributed by atoms with Crippen LogP contribution in [0.1, 0.15) is 40.2 Å². The SMILES string of the molecule is C[C@@H](CN)c1cc2c(nc1C(N)=O)CN(c1cccc3ccccc13)CC2. The lowest BCUT2D eigenvalue weighted by Crippen LogP contribution is -2.33. The quantitative estimate of drug-likeness (QED) is 0.749. The van der Waals surface area contributed by atoms with E-state index >= 15 is 0 Å². The number of rotatable bonds is 4. The summed E-state index contributed by atoms with van der Waals surface area (Å²) in [7, 11) is 0. The lowest BCUT2D eigenvalue weighted by molar-refractivity contribution is 0.0994. The van der Waals surface area contributed by atoms with Gasteiger partial charge in [-0.25, -0.2) is 4.98 Å². The van der Waals surface area contributed by atoms with Gasteiger partial charge in [-0.3, -0.25) is 4.79 Å². The van der Waals surface area contributed by atoms with Crippen molar-refractivity contribution in [3.63, 3.8) is 0 Å². The lowest BCUT2D eigenvalue weighted by Gasteiger charge is -2.32. The second-order valence-corrected chi connectivity index (χ2v) is 7.20. The van der Waals surface area contributed by atoms with Crippen molar-refractivity contribution in [1.29, 1.82) is 0 Å². The fourth-order valence-electron chi connectivity index (χ4n) is 3.87. The number of pyridine rings is 1. The van der Waals surface area contributed by atoms with E-state index in [-0.39, 0.29) is 5.92 Å². The summed E-state index contributed by atoms with van der Waals surface area (Å²) in [6.07, 6.45) is 0.884. The Morgan fingerprint density at radius 2 is 2.00 bits per heavy atom. The number of primary amides is 1. The first-order chi connectivity index (χ1) is 13.1. The topological polar surface area (TPSA) is 85.2 Å². The number of carbonyl (C=O) groups is 1. The standard InChI is InChI=1S/C22H24N4O/c1-14(12-23)18-11-16-9-10-26(13-19(16)25-21(18)22(24)27)20-8-4-6-15-5-2-3-7-17(15)20/h2-8,11,14H,9-10,12-13,23H2,1H3,(H2,24,27)/t14-/m0/s1. The average Bonchev–Trinajstić information content (AvgIpc) is 2.71. The summed E-state index contributed by atoms with van der Waals surface area (Å²) < 4.78 is 0. The number of fused-ring (bicyclic) bond motifs is 2. The highest BCUT2D eigenvalue weighted by Gasteiger charge is 2.24. The summed E-state index contributed by atoms with van der Waals surface area (Å²) in [5.74, 6) is -0.434. The minimum absolute atomic E-state index is 0.0568. The molecule has 3 aromatic rings. The summed E-state index contributed by atoms with van der Waals surface area (Å²) in [6.45, 7) is 4.04. The zero-order chi connectivity index (χ0) is 19.0. The maximum Gasteiger partial charge on any atom is 0.267 e. The zero-order valence-corrected chi connectivity index (χ0v) is 15.5. The second-order valence-electron chi connectivity index (χ2n) is 7.20. The van der Waals surface area contributed by atoms with Gasteiger partial charge < -0.3 is 16.4 Å². The Hall–Kier alpha value is -2.92. The first-order valence-electron chi connectivity index (χ1n) is 9.33. The van der Waals surface area contributed by atoms with E-state index < -0.39 is 5.91 Å². The molecule has 4 N–H and O–H groups in total. The minimum atomic E-state index is -0.490. The number of carbonyl (C=O) groups excluding carboxylic acids is 1. The molecule has 2 aromatic carbocycles. The van der Waals surface area contributed by atoms with Crippen molar-refractivity contribution in [2.75, 3.05) is 18.0 Å². The highest BCUT2D eigenvalue weighted by atomic mass is 16.1. The van der Waals surface area contributed by atoms with Crippen molar-refractivity contribution in [1.82, 2.24) is 4.98 Å². The normalized spacial score (nSPS) is 14.8. The molecule has 0 radical (unpaired) electrons. The van der Waals surface area contributed by atoms with Gasteiger partial charge in [0.25, 0.3) is 5.91 Å². The molecule has 1 aromatic heterocycles. The van der Waals surface area contributed by atoms with E-state index in [1.165, 1.54) is 22.0 Å². The van der Waals surface area contributed by atoms with Crippen LogP contribution in [0.5, 0.6) is 0 Å². The molecule has 0 spiro atoms. The van der Waals surface area contributed by atoms with Crippen LogP contribution in [0, 0.1) is 0 Å². The van der Waals surface area contributed by atoms with Gasteiger partial charge in [0.1, 0.15) is 5.69 Å². The maximum absolute atomic E-state index is 12.0. The summed E-state index contributed by atoms with van der Waals surface area (Å²) in [4.78, 5) is 19.0. The molecule has 1 amide bonds. The van der Waals surface area contributed by atoms with Gasteiger partial charge in [0.2, 0.25) is 0 Å². The predicted octanol–water partition coefficient (Wildman–Crippen LogP) is 2.96. The number of nitrogens with two attached hydrogens (primary N) is 2. The average molecular weight is 360 g/mol. The lowest BCUT2D eigenvalue weighted by atomic mass is 9.93. The molecule has 0 aliphatic carbocycles. The van der Waals surface area contributed by atoms with Crippen molar-refractivity contribution < 1.29 is 4.79 Å². The Balaban J connectivity index is 1.74. The summed E-state index contributed by atoms with van der Waals surface area (Å²) in [5.41, 5.74) is 15.9. The predicted molar refractivity (Wildman–Crippen MR) is 109 cm³/mol. The molecule has 5 nitrogen and oxygen atoms in total. The molecule has 138 valence electrons. The number of hydrogen-bond donors (Lipinski definition) is 2. The Kier molecular flexibility index (Phi) is 4.54. The summed E-state index contributed by atoms with van der Waals surface area (Å²) in [6, 6.07) is 16.8. The van der Waals surface area contributed by atoms with Crippen molar-refractivity contribution in [3.05, 3.63) is 71.0 Å². The molecule has 0 bridgehead atoms. The number of nitrogens with zero attached hydrogens (tertiary/aromatic N) is 2. The monoisotopic (exact) mass is 360 g/mol. The van der Waals surface area contributed by atoms with Crippen LogP contribution in [0.15, 0.2) is 48.5 Å². The number of amides is 1. The number of anilines is 1. The third-order valence-electron chi connectivity index (χ3n) is 5.44. The second kappa shape index (κ2) is 7.00.